The molecule has 32 heavy (non-hydrogen) atoms. The Morgan fingerprint density at radius 3 is 2.72 bits per heavy atom. The lowest BCUT2D eigenvalue weighted by molar-refractivity contribution is -0.141. The standard InChI is InChI=1S/C20H20F3N9/c1-19(2)11-31(9-13(30-19)12-5-27-28-6-12)16-3-4-24-18(29-16)14-7-26-17-8-25-15(10-32(14)17)20(21,22)23/h3-8,10,13,30H,9,11H2,1-2H3,(H,27,28). The molecule has 9 nitrogen and oxygen atoms in total. The van der Waals surface area contributed by atoms with Gasteiger partial charge in [-0.1, -0.05) is 0 Å². The molecule has 0 saturated carbocycles. The van der Waals surface area contributed by atoms with Gasteiger partial charge >= 0.3 is 6.18 Å². The lowest BCUT2D eigenvalue weighted by Gasteiger charge is -2.44. The van der Waals surface area contributed by atoms with Crippen molar-refractivity contribution in [1.82, 2.24) is 39.9 Å². The van der Waals surface area contributed by atoms with E-state index in [9.17, 15) is 13.2 Å². The van der Waals surface area contributed by atoms with Crippen molar-refractivity contribution in [3.63, 3.8) is 0 Å². The number of anilines is 1. The van der Waals surface area contributed by atoms with E-state index in [0.29, 0.717) is 24.6 Å². The lowest BCUT2D eigenvalue weighted by Crippen LogP contribution is -2.58. The third-order valence-electron chi connectivity index (χ3n) is 5.36. The van der Waals surface area contributed by atoms with Crippen LogP contribution >= 0.6 is 0 Å². The first-order chi connectivity index (χ1) is 15.2. The molecule has 5 rings (SSSR count). The molecule has 2 N–H and O–H groups in total. The van der Waals surface area contributed by atoms with E-state index in [4.69, 9.17) is 0 Å². The van der Waals surface area contributed by atoms with Crippen molar-refractivity contribution in [2.45, 2.75) is 31.6 Å². The molecule has 4 aromatic heterocycles. The normalized spacial score (nSPS) is 18.9. The third-order valence-corrected chi connectivity index (χ3v) is 5.36. The van der Waals surface area contributed by atoms with Crippen LogP contribution in [0.1, 0.15) is 31.1 Å². The van der Waals surface area contributed by atoms with Crippen molar-refractivity contribution in [1.29, 1.82) is 0 Å². The van der Waals surface area contributed by atoms with Crippen LogP contribution in [0.2, 0.25) is 0 Å². The van der Waals surface area contributed by atoms with E-state index in [0.717, 1.165) is 18.0 Å². The second kappa shape index (κ2) is 7.26. The fourth-order valence-corrected chi connectivity index (χ4v) is 3.99. The summed E-state index contributed by atoms with van der Waals surface area (Å²) in [5.41, 5.74) is 0.459. The number of piperazine rings is 1. The van der Waals surface area contributed by atoms with E-state index in [1.54, 1.807) is 18.5 Å². The van der Waals surface area contributed by atoms with Crippen LogP contribution in [-0.2, 0) is 6.18 Å². The predicted octanol–water partition coefficient (Wildman–Crippen LogP) is 2.86. The maximum atomic E-state index is 13.1. The number of aromatic amines is 1. The van der Waals surface area contributed by atoms with Crippen LogP contribution in [0, 0.1) is 0 Å². The summed E-state index contributed by atoms with van der Waals surface area (Å²) in [7, 11) is 0. The Hall–Kier alpha value is -3.54. The van der Waals surface area contributed by atoms with E-state index >= 15 is 0 Å². The molecule has 0 bridgehead atoms. The zero-order chi connectivity index (χ0) is 22.5. The smallest absolute Gasteiger partial charge is 0.353 e. The molecule has 1 saturated heterocycles. The number of alkyl halides is 3. The number of rotatable bonds is 3. The average Bonchev–Trinajstić information content (AvgIpc) is 3.42. The molecule has 0 spiro atoms. The van der Waals surface area contributed by atoms with Gasteiger partial charge in [0.25, 0.3) is 0 Å². The second-order valence-corrected chi connectivity index (χ2v) is 8.37. The molecule has 166 valence electrons. The highest BCUT2D eigenvalue weighted by Gasteiger charge is 2.35. The number of H-pyrrole nitrogens is 1. The Kier molecular flexibility index (Phi) is 4.62. The average molecular weight is 443 g/mol. The Bertz CT molecular complexity index is 1250. The zero-order valence-corrected chi connectivity index (χ0v) is 17.3. The minimum absolute atomic E-state index is 0.0344. The van der Waals surface area contributed by atoms with E-state index < -0.39 is 11.9 Å². The molecular weight excluding hydrogens is 423 g/mol. The molecule has 1 aliphatic heterocycles. The molecule has 1 fully saturated rings. The SMILES string of the molecule is CC1(C)CN(c2ccnc(-c3cnc4cnc(C(F)(F)F)cn34)n2)CC(c2cn[nH]c2)N1. The molecule has 1 unspecified atom stereocenters. The largest absolute Gasteiger partial charge is 0.434 e. The number of nitrogens with one attached hydrogen (secondary N) is 2. The zero-order valence-electron chi connectivity index (χ0n) is 17.3. The first kappa shape index (κ1) is 20.4. The number of halogens is 3. The molecule has 0 aliphatic carbocycles. The fourth-order valence-electron chi connectivity index (χ4n) is 3.99. The van der Waals surface area contributed by atoms with Gasteiger partial charge in [0.2, 0.25) is 0 Å². The van der Waals surface area contributed by atoms with Crippen LogP contribution in [0.15, 0.2) is 43.2 Å². The van der Waals surface area contributed by atoms with Gasteiger partial charge < -0.3 is 10.2 Å². The maximum Gasteiger partial charge on any atom is 0.434 e. The summed E-state index contributed by atoms with van der Waals surface area (Å²) >= 11 is 0. The van der Waals surface area contributed by atoms with Gasteiger partial charge in [0.15, 0.2) is 17.2 Å². The van der Waals surface area contributed by atoms with Gasteiger partial charge in [-0.15, -0.1) is 0 Å². The highest BCUT2D eigenvalue weighted by molar-refractivity contribution is 5.58. The summed E-state index contributed by atoms with van der Waals surface area (Å²) in [4.78, 5) is 18.7. The van der Waals surface area contributed by atoms with Gasteiger partial charge in [0, 0.05) is 42.8 Å². The summed E-state index contributed by atoms with van der Waals surface area (Å²) in [5.74, 6) is 0.962. The van der Waals surface area contributed by atoms with Crippen molar-refractivity contribution in [3.05, 3.63) is 54.5 Å². The van der Waals surface area contributed by atoms with Crippen molar-refractivity contribution in [2.75, 3.05) is 18.0 Å². The van der Waals surface area contributed by atoms with Gasteiger partial charge in [-0.25, -0.2) is 19.9 Å². The Morgan fingerprint density at radius 2 is 1.97 bits per heavy atom. The molecule has 0 aromatic carbocycles. The minimum Gasteiger partial charge on any atom is -0.353 e. The monoisotopic (exact) mass is 443 g/mol. The third kappa shape index (κ3) is 3.77. The highest BCUT2D eigenvalue weighted by atomic mass is 19.4. The van der Waals surface area contributed by atoms with E-state index in [-0.39, 0.29) is 23.1 Å². The first-order valence-corrected chi connectivity index (χ1v) is 9.95. The predicted molar refractivity (Wildman–Crippen MR) is 110 cm³/mol. The van der Waals surface area contributed by atoms with E-state index in [1.807, 2.05) is 6.20 Å². The summed E-state index contributed by atoms with van der Waals surface area (Å²) < 4.78 is 40.7. The van der Waals surface area contributed by atoms with Crippen LogP contribution in [-0.4, -0.2) is 53.2 Å². The molecule has 0 amide bonds. The summed E-state index contributed by atoms with van der Waals surface area (Å²) in [5, 5.41) is 10.5. The highest BCUT2D eigenvalue weighted by Crippen LogP contribution is 2.30. The van der Waals surface area contributed by atoms with Crippen LogP contribution < -0.4 is 10.2 Å². The molecule has 5 heterocycles. The Balaban J connectivity index is 1.51. The Labute approximate surface area is 180 Å². The van der Waals surface area contributed by atoms with Crippen LogP contribution in [0.4, 0.5) is 19.0 Å². The van der Waals surface area contributed by atoms with E-state index in [1.165, 1.54) is 10.6 Å². The topological polar surface area (TPSA) is 99.9 Å². The summed E-state index contributed by atoms with van der Waals surface area (Å²) in [6.45, 7) is 5.54. The van der Waals surface area contributed by atoms with Crippen molar-refractivity contribution < 1.29 is 13.2 Å². The molecule has 1 atom stereocenters. The molecule has 12 heteroatoms. The quantitative estimate of drug-likeness (QED) is 0.502. The number of hydrogen-bond acceptors (Lipinski definition) is 7. The molecule has 4 aromatic rings. The molecular formula is C20H20F3N9. The van der Waals surface area contributed by atoms with Gasteiger partial charge in [-0.2, -0.15) is 18.3 Å². The van der Waals surface area contributed by atoms with Gasteiger partial charge in [0.05, 0.1) is 24.6 Å². The molecule has 1 aliphatic rings. The molecule has 0 radical (unpaired) electrons. The minimum atomic E-state index is -4.56. The van der Waals surface area contributed by atoms with Crippen molar-refractivity contribution in [2.24, 2.45) is 0 Å². The number of aromatic nitrogens is 7. The van der Waals surface area contributed by atoms with Crippen LogP contribution in [0.25, 0.3) is 17.2 Å². The first-order valence-electron chi connectivity index (χ1n) is 9.95. The van der Waals surface area contributed by atoms with Crippen molar-refractivity contribution >= 4 is 11.5 Å². The number of imidazole rings is 1. The van der Waals surface area contributed by atoms with Crippen LogP contribution in [0.3, 0.4) is 0 Å². The Morgan fingerprint density at radius 1 is 1.12 bits per heavy atom. The number of fused-ring (bicyclic) bond motifs is 1. The van der Waals surface area contributed by atoms with E-state index in [2.05, 4.69) is 54.2 Å². The lowest BCUT2D eigenvalue weighted by atomic mass is 9.96. The van der Waals surface area contributed by atoms with Gasteiger partial charge in [0.1, 0.15) is 11.5 Å². The second-order valence-electron chi connectivity index (χ2n) is 8.37. The summed E-state index contributed by atoms with van der Waals surface area (Å²) in [6.07, 6.45) is 4.13. The van der Waals surface area contributed by atoms with Gasteiger partial charge in [-0.3, -0.25) is 9.50 Å². The number of nitrogens with zero attached hydrogens (tertiary/aromatic N) is 7. The number of hydrogen-bond donors (Lipinski definition) is 2. The summed E-state index contributed by atoms with van der Waals surface area (Å²) in [6, 6.07) is 1.83. The maximum absolute atomic E-state index is 13.1. The van der Waals surface area contributed by atoms with Gasteiger partial charge in [-0.05, 0) is 19.9 Å². The van der Waals surface area contributed by atoms with Crippen LogP contribution in [0.5, 0.6) is 0 Å². The fraction of sp³-hybridized carbons (Fsp3) is 0.350. The van der Waals surface area contributed by atoms with Crippen molar-refractivity contribution in [3.8, 4) is 11.5 Å².